The van der Waals surface area contributed by atoms with Crippen molar-refractivity contribution < 1.29 is 0 Å². The summed E-state index contributed by atoms with van der Waals surface area (Å²) in [5.74, 6) is 1.03. The van der Waals surface area contributed by atoms with Crippen molar-refractivity contribution in [3.05, 3.63) is 46.5 Å². The summed E-state index contributed by atoms with van der Waals surface area (Å²) in [6, 6.07) is 8.39. The first-order valence-electron chi connectivity index (χ1n) is 6.90. The third-order valence-electron chi connectivity index (χ3n) is 3.58. The summed E-state index contributed by atoms with van der Waals surface area (Å²) < 4.78 is 3.14. The molecule has 0 saturated heterocycles. The monoisotopic (exact) mass is 477 g/mol. The quantitative estimate of drug-likeness (QED) is 0.538. The lowest BCUT2D eigenvalue weighted by atomic mass is 9.81. The lowest BCUT2D eigenvalue weighted by Gasteiger charge is -2.31. The number of benzene rings is 1. The summed E-state index contributed by atoms with van der Waals surface area (Å²) in [5, 5.41) is 6.05. The molecular weight excluding hydrogens is 462 g/mol. The Morgan fingerprint density at radius 1 is 1.19 bits per heavy atom. The first-order valence-corrected chi connectivity index (χ1v) is 9.94. The number of nitrogens with zero attached hydrogens (tertiary/aromatic N) is 3. The maximum absolute atomic E-state index is 4.47. The molecule has 0 saturated carbocycles. The van der Waals surface area contributed by atoms with Crippen LogP contribution >= 0.6 is 47.8 Å². The molecule has 1 heterocycles. The molecule has 1 aromatic carbocycles. The molecule has 114 valence electrons. The molecule has 0 amide bonds. The van der Waals surface area contributed by atoms with Gasteiger partial charge in [-0.25, -0.2) is 4.98 Å². The first-order chi connectivity index (χ1) is 10.2. The molecule has 2 aromatic rings. The Balaban J connectivity index is 2.39. The summed E-state index contributed by atoms with van der Waals surface area (Å²) >= 11 is 11.1. The number of aryl methyl sites for hydroxylation is 1. The highest BCUT2D eigenvalue weighted by atomic mass is 79.9. The Bertz CT molecular complexity index is 579. The molecule has 0 atom stereocenters. The van der Waals surface area contributed by atoms with Crippen LogP contribution in [-0.2, 0) is 18.4 Å². The van der Waals surface area contributed by atoms with Crippen molar-refractivity contribution in [1.82, 2.24) is 14.8 Å². The van der Waals surface area contributed by atoms with E-state index in [9.17, 15) is 0 Å². The molecule has 0 unspecified atom stereocenters. The predicted octanol–water partition coefficient (Wildman–Crippen LogP) is 4.72. The number of aromatic nitrogens is 3. The van der Waals surface area contributed by atoms with E-state index in [0.717, 1.165) is 40.3 Å². The molecule has 0 radical (unpaired) electrons. The molecule has 0 aliphatic rings. The minimum absolute atomic E-state index is 0.0569. The van der Waals surface area contributed by atoms with E-state index in [1.54, 1.807) is 6.33 Å². The van der Waals surface area contributed by atoms with E-state index >= 15 is 0 Å². The van der Waals surface area contributed by atoms with Crippen LogP contribution in [0.15, 0.2) is 35.1 Å². The second-order valence-corrected chi connectivity index (χ2v) is 7.08. The SMILES string of the molecule is CCCn1ncnc1CC(CBr)(CBr)c1ccccc1Br. The third kappa shape index (κ3) is 3.77. The fourth-order valence-electron chi connectivity index (χ4n) is 2.39. The lowest BCUT2D eigenvalue weighted by Crippen LogP contribution is -2.34. The topological polar surface area (TPSA) is 30.7 Å². The van der Waals surface area contributed by atoms with Gasteiger partial charge in [0.2, 0.25) is 0 Å². The van der Waals surface area contributed by atoms with Gasteiger partial charge in [-0.3, -0.25) is 4.68 Å². The van der Waals surface area contributed by atoms with Gasteiger partial charge >= 0.3 is 0 Å². The second kappa shape index (κ2) is 7.88. The van der Waals surface area contributed by atoms with Crippen LogP contribution in [0.5, 0.6) is 0 Å². The number of alkyl halides is 2. The Labute approximate surface area is 150 Å². The van der Waals surface area contributed by atoms with E-state index in [1.807, 2.05) is 10.7 Å². The van der Waals surface area contributed by atoms with Crippen molar-refractivity contribution in [3.63, 3.8) is 0 Å². The minimum atomic E-state index is -0.0569. The number of rotatable bonds is 7. The molecule has 6 heteroatoms. The number of hydrogen-bond donors (Lipinski definition) is 0. The van der Waals surface area contributed by atoms with Crippen molar-refractivity contribution in [2.24, 2.45) is 0 Å². The number of halogens is 3. The Kier molecular flexibility index (Phi) is 6.44. The van der Waals surface area contributed by atoms with Gasteiger partial charge in [-0.15, -0.1) is 0 Å². The standard InChI is InChI=1S/C15H18Br3N3/c1-2-7-21-14(19-11-20-21)8-15(9-16,10-17)12-5-3-4-6-13(12)18/h3-6,11H,2,7-10H2,1H3. The fourth-order valence-corrected chi connectivity index (χ4v) is 5.02. The molecule has 0 spiro atoms. The van der Waals surface area contributed by atoms with Gasteiger partial charge in [-0.1, -0.05) is 72.9 Å². The van der Waals surface area contributed by atoms with Crippen molar-refractivity contribution >= 4 is 47.8 Å². The highest BCUT2D eigenvalue weighted by Crippen LogP contribution is 2.36. The molecule has 3 nitrogen and oxygen atoms in total. The van der Waals surface area contributed by atoms with Gasteiger partial charge in [0.05, 0.1) is 0 Å². The summed E-state index contributed by atoms with van der Waals surface area (Å²) in [5.41, 5.74) is 1.23. The zero-order valence-corrected chi connectivity index (χ0v) is 16.7. The summed E-state index contributed by atoms with van der Waals surface area (Å²) in [6.07, 6.45) is 3.55. The van der Waals surface area contributed by atoms with Crippen LogP contribution in [-0.4, -0.2) is 25.4 Å². The summed E-state index contributed by atoms with van der Waals surface area (Å²) in [4.78, 5) is 4.47. The van der Waals surface area contributed by atoms with E-state index in [0.29, 0.717) is 0 Å². The summed E-state index contributed by atoms with van der Waals surface area (Å²) in [6.45, 7) is 3.06. The number of hydrogen-bond acceptors (Lipinski definition) is 2. The van der Waals surface area contributed by atoms with E-state index in [-0.39, 0.29) is 5.41 Å². The minimum Gasteiger partial charge on any atom is -0.250 e. The molecule has 21 heavy (non-hydrogen) atoms. The van der Waals surface area contributed by atoms with Gasteiger partial charge in [0.1, 0.15) is 12.2 Å². The van der Waals surface area contributed by atoms with Crippen LogP contribution in [0.4, 0.5) is 0 Å². The molecule has 1 aromatic heterocycles. The summed E-state index contributed by atoms with van der Waals surface area (Å²) in [7, 11) is 0. The second-order valence-electron chi connectivity index (χ2n) is 5.10. The molecule has 0 aliphatic carbocycles. The smallest absolute Gasteiger partial charge is 0.138 e. The Morgan fingerprint density at radius 3 is 2.52 bits per heavy atom. The average Bonchev–Trinajstić information content (AvgIpc) is 2.93. The van der Waals surface area contributed by atoms with Gasteiger partial charge in [0, 0.05) is 33.5 Å². The molecular formula is C15H18Br3N3. The van der Waals surface area contributed by atoms with Gasteiger partial charge in [0.25, 0.3) is 0 Å². The normalized spacial score (nSPS) is 11.8. The maximum atomic E-state index is 4.47. The van der Waals surface area contributed by atoms with Crippen LogP contribution in [0.3, 0.4) is 0 Å². The van der Waals surface area contributed by atoms with E-state index in [2.05, 4.69) is 83.0 Å². The zero-order chi connectivity index (χ0) is 15.3. The lowest BCUT2D eigenvalue weighted by molar-refractivity contribution is 0.488. The predicted molar refractivity (Wildman–Crippen MR) is 97.4 cm³/mol. The molecule has 2 rings (SSSR count). The van der Waals surface area contributed by atoms with Crippen LogP contribution in [0.2, 0.25) is 0 Å². The zero-order valence-electron chi connectivity index (χ0n) is 11.9. The van der Waals surface area contributed by atoms with Crippen molar-refractivity contribution in [3.8, 4) is 0 Å². The van der Waals surface area contributed by atoms with E-state index in [1.165, 1.54) is 5.56 Å². The van der Waals surface area contributed by atoms with Crippen LogP contribution in [0.25, 0.3) is 0 Å². The average molecular weight is 480 g/mol. The van der Waals surface area contributed by atoms with E-state index < -0.39 is 0 Å². The van der Waals surface area contributed by atoms with E-state index in [4.69, 9.17) is 0 Å². The Morgan fingerprint density at radius 2 is 1.90 bits per heavy atom. The van der Waals surface area contributed by atoms with Crippen molar-refractivity contribution in [1.29, 1.82) is 0 Å². The fraction of sp³-hybridized carbons (Fsp3) is 0.467. The first kappa shape index (κ1) is 17.2. The Hall–Kier alpha value is -0.200. The van der Waals surface area contributed by atoms with Gasteiger partial charge in [0.15, 0.2) is 0 Å². The van der Waals surface area contributed by atoms with Gasteiger partial charge in [-0.2, -0.15) is 5.10 Å². The maximum Gasteiger partial charge on any atom is 0.138 e. The highest BCUT2D eigenvalue weighted by molar-refractivity contribution is 9.10. The molecule has 0 aliphatic heterocycles. The van der Waals surface area contributed by atoms with Crippen LogP contribution < -0.4 is 0 Å². The van der Waals surface area contributed by atoms with Crippen LogP contribution in [0, 0.1) is 0 Å². The van der Waals surface area contributed by atoms with Crippen molar-refractivity contribution in [2.45, 2.75) is 31.7 Å². The third-order valence-corrected chi connectivity index (χ3v) is 6.42. The van der Waals surface area contributed by atoms with Gasteiger partial charge < -0.3 is 0 Å². The largest absolute Gasteiger partial charge is 0.250 e. The van der Waals surface area contributed by atoms with Crippen LogP contribution in [0.1, 0.15) is 24.7 Å². The molecule has 0 bridgehead atoms. The van der Waals surface area contributed by atoms with Crippen molar-refractivity contribution in [2.75, 3.05) is 10.7 Å². The van der Waals surface area contributed by atoms with Gasteiger partial charge in [-0.05, 0) is 18.1 Å². The molecule has 0 fully saturated rings. The highest BCUT2D eigenvalue weighted by Gasteiger charge is 2.33. The molecule has 0 N–H and O–H groups in total.